The smallest absolute Gasteiger partial charge is 0.300 e. The van der Waals surface area contributed by atoms with Gasteiger partial charge in [-0.2, -0.15) is 0 Å². The lowest BCUT2D eigenvalue weighted by Crippen LogP contribution is -2.25. The summed E-state index contributed by atoms with van der Waals surface area (Å²) < 4.78 is 16.1. The van der Waals surface area contributed by atoms with Crippen molar-refractivity contribution in [2.24, 2.45) is 0 Å². The fraction of sp³-hybridized carbons (Fsp3) is 0.182. The van der Waals surface area contributed by atoms with Crippen molar-refractivity contribution in [3.8, 4) is 5.69 Å². The highest BCUT2D eigenvalue weighted by Gasteiger charge is 2.22. The number of aromatic nitrogens is 4. The number of fused-ring (bicyclic) bond motifs is 1. The van der Waals surface area contributed by atoms with Crippen molar-refractivity contribution in [3.63, 3.8) is 0 Å². The SMILES string of the molecule is CCC(Sc1nnc2c(=O)n(-c3ccc(F)cc3)ccn12)C(=O)Nc1ccc(C)c(Cl)c1. The molecule has 7 nitrogen and oxygen atoms in total. The van der Waals surface area contributed by atoms with Gasteiger partial charge in [-0.05, 0) is 55.3 Å². The van der Waals surface area contributed by atoms with E-state index in [2.05, 4.69) is 15.5 Å². The summed E-state index contributed by atoms with van der Waals surface area (Å²) in [7, 11) is 0. The number of thioether (sulfide) groups is 1. The number of amides is 1. The van der Waals surface area contributed by atoms with Crippen LogP contribution in [0.5, 0.6) is 0 Å². The van der Waals surface area contributed by atoms with Gasteiger partial charge < -0.3 is 5.32 Å². The number of halogens is 2. The number of carbonyl (C=O) groups excluding carboxylic acids is 1. The maximum absolute atomic E-state index is 13.2. The van der Waals surface area contributed by atoms with Crippen LogP contribution in [-0.2, 0) is 4.79 Å². The number of hydrogen-bond acceptors (Lipinski definition) is 5. The van der Waals surface area contributed by atoms with Crippen LogP contribution in [0.15, 0.2) is 64.8 Å². The highest BCUT2D eigenvalue weighted by molar-refractivity contribution is 8.00. The van der Waals surface area contributed by atoms with E-state index in [9.17, 15) is 14.0 Å². The fourth-order valence-electron chi connectivity index (χ4n) is 3.09. The van der Waals surface area contributed by atoms with E-state index in [1.54, 1.807) is 28.9 Å². The van der Waals surface area contributed by atoms with E-state index in [0.717, 1.165) is 5.56 Å². The van der Waals surface area contributed by atoms with Crippen LogP contribution in [0.2, 0.25) is 5.02 Å². The highest BCUT2D eigenvalue weighted by Crippen LogP contribution is 2.26. The maximum Gasteiger partial charge on any atom is 0.300 e. The van der Waals surface area contributed by atoms with Gasteiger partial charge >= 0.3 is 5.56 Å². The van der Waals surface area contributed by atoms with Crippen LogP contribution in [0.25, 0.3) is 11.3 Å². The number of aryl methyl sites for hydroxylation is 1. The summed E-state index contributed by atoms with van der Waals surface area (Å²) in [6, 6.07) is 10.9. The summed E-state index contributed by atoms with van der Waals surface area (Å²) in [4.78, 5) is 25.7. The molecule has 0 spiro atoms. The summed E-state index contributed by atoms with van der Waals surface area (Å²) in [5.41, 5.74) is 1.76. The van der Waals surface area contributed by atoms with Gasteiger partial charge in [-0.25, -0.2) is 4.39 Å². The third kappa shape index (κ3) is 4.39. The molecule has 0 saturated carbocycles. The second-order valence-corrected chi connectivity index (χ2v) is 8.67. The van der Waals surface area contributed by atoms with Crippen LogP contribution in [-0.4, -0.2) is 30.3 Å². The van der Waals surface area contributed by atoms with Gasteiger partial charge in [0.15, 0.2) is 5.16 Å². The van der Waals surface area contributed by atoms with Crippen LogP contribution < -0.4 is 10.9 Å². The van der Waals surface area contributed by atoms with Crippen molar-refractivity contribution in [1.29, 1.82) is 0 Å². The average Bonchev–Trinajstić information content (AvgIpc) is 3.19. The zero-order valence-electron chi connectivity index (χ0n) is 17.3. The second kappa shape index (κ2) is 9.13. The standard InChI is InChI=1S/C22H19ClFN5O2S/c1-3-18(20(30)25-15-7-4-13(2)17(23)12-15)32-22-27-26-19-21(31)28(10-11-29(19)22)16-8-5-14(24)6-9-16/h4-12,18H,3H2,1-2H3,(H,25,30). The lowest BCUT2D eigenvalue weighted by Gasteiger charge is -2.14. The molecule has 0 fully saturated rings. The molecule has 1 N–H and O–H groups in total. The van der Waals surface area contributed by atoms with Gasteiger partial charge in [0, 0.05) is 28.8 Å². The normalized spacial score (nSPS) is 12.1. The first kappa shape index (κ1) is 22.0. The van der Waals surface area contributed by atoms with E-state index < -0.39 is 10.8 Å². The second-order valence-electron chi connectivity index (χ2n) is 7.09. The molecular formula is C22H19ClFN5O2S. The molecule has 0 saturated heterocycles. The minimum Gasteiger partial charge on any atom is -0.325 e. The van der Waals surface area contributed by atoms with Gasteiger partial charge in [-0.3, -0.25) is 18.6 Å². The molecule has 2 aromatic heterocycles. The van der Waals surface area contributed by atoms with Crippen molar-refractivity contribution in [1.82, 2.24) is 19.2 Å². The monoisotopic (exact) mass is 471 g/mol. The first-order chi connectivity index (χ1) is 15.4. The van der Waals surface area contributed by atoms with E-state index in [0.29, 0.717) is 28.0 Å². The Morgan fingerprint density at radius 2 is 1.94 bits per heavy atom. The maximum atomic E-state index is 13.2. The molecule has 4 rings (SSSR count). The van der Waals surface area contributed by atoms with Crippen molar-refractivity contribution in [3.05, 3.63) is 81.6 Å². The summed E-state index contributed by atoms with van der Waals surface area (Å²) in [6.07, 6.45) is 3.75. The highest BCUT2D eigenvalue weighted by atomic mass is 35.5. The Bertz CT molecular complexity index is 1350. The molecule has 164 valence electrons. The molecule has 2 aromatic carbocycles. The minimum absolute atomic E-state index is 0.111. The molecule has 1 amide bonds. The molecule has 4 aromatic rings. The molecule has 0 bridgehead atoms. The van der Waals surface area contributed by atoms with Gasteiger partial charge in [-0.15, -0.1) is 10.2 Å². The van der Waals surface area contributed by atoms with Crippen molar-refractivity contribution < 1.29 is 9.18 Å². The van der Waals surface area contributed by atoms with E-state index in [1.807, 2.05) is 19.9 Å². The predicted octanol–water partition coefficient (Wildman–Crippen LogP) is 4.49. The van der Waals surface area contributed by atoms with Gasteiger partial charge in [0.25, 0.3) is 0 Å². The van der Waals surface area contributed by atoms with Gasteiger partial charge in [0.2, 0.25) is 11.6 Å². The Kier molecular flexibility index (Phi) is 6.29. The number of nitrogens with one attached hydrogen (secondary N) is 1. The number of carbonyl (C=O) groups is 1. The number of rotatable bonds is 6. The molecule has 2 heterocycles. The molecule has 0 aliphatic carbocycles. The number of anilines is 1. The quantitative estimate of drug-likeness (QED) is 0.419. The van der Waals surface area contributed by atoms with Crippen LogP contribution in [0.1, 0.15) is 18.9 Å². The summed E-state index contributed by atoms with van der Waals surface area (Å²) in [6.45, 7) is 3.78. The van der Waals surface area contributed by atoms with E-state index in [1.165, 1.54) is 40.6 Å². The van der Waals surface area contributed by atoms with Gasteiger partial charge in [-0.1, -0.05) is 36.4 Å². The number of hydrogen-bond donors (Lipinski definition) is 1. The molecule has 10 heteroatoms. The molecule has 0 aliphatic heterocycles. The first-order valence-electron chi connectivity index (χ1n) is 9.83. The zero-order chi connectivity index (χ0) is 22.8. The van der Waals surface area contributed by atoms with Crippen LogP contribution in [0.4, 0.5) is 10.1 Å². The van der Waals surface area contributed by atoms with Crippen LogP contribution in [0.3, 0.4) is 0 Å². The van der Waals surface area contributed by atoms with E-state index >= 15 is 0 Å². The average molecular weight is 472 g/mol. The van der Waals surface area contributed by atoms with Crippen molar-refractivity contribution in [2.75, 3.05) is 5.32 Å². The molecule has 1 unspecified atom stereocenters. The van der Waals surface area contributed by atoms with Crippen molar-refractivity contribution >= 4 is 40.6 Å². The summed E-state index contributed by atoms with van der Waals surface area (Å²) >= 11 is 7.36. The Balaban J connectivity index is 1.58. The Labute approximate surface area is 192 Å². The van der Waals surface area contributed by atoms with Crippen LogP contribution >= 0.6 is 23.4 Å². The summed E-state index contributed by atoms with van der Waals surface area (Å²) in [5, 5.41) is 11.5. The fourth-order valence-corrected chi connectivity index (χ4v) is 4.21. The molecule has 32 heavy (non-hydrogen) atoms. The lowest BCUT2D eigenvalue weighted by atomic mass is 10.2. The molecule has 0 radical (unpaired) electrons. The number of nitrogens with zero attached hydrogens (tertiary/aromatic N) is 4. The third-order valence-electron chi connectivity index (χ3n) is 4.89. The van der Waals surface area contributed by atoms with Gasteiger partial charge in [0.05, 0.1) is 5.25 Å². The lowest BCUT2D eigenvalue weighted by molar-refractivity contribution is -0.115. The Morgan fingerprint density at radius 3 is 2.62 bits per heavy atom. The predicted molar refractivity (Wildman–Crippen MR) is 123 cm³/mol. The Hall–Kier alpha value is -3.17. The largest absolute Gasteiger partial charge is 0.325 e. The van der Waals surface area contributed by atoms with Crippen LogP contribution in [0, 0.1) is 12.7 Å². The summed E-state index contributed by atoms with van der Waals surface area (Å²) in [5.74, 6) is -0.588. The molecular weight excluding hydrogens is 453 g/mol. The van der Waals surface area contributed by atoms with Crippen molar-refractivity contribution in [2.45, 2.75) is 30.7 Å². The van der Waals surface area contributed by atoms with Gasteiger partial charge in [0.1, 0.15) is 5.82 Å². The minimum atomic E-state index is -0.456. The molecule has 0 aliphatic rings. The third-order valence-corrected chi connectivity index (χ3v) is 6.62. The first-order valence-corrected chi connectivity index (χ1v) is 11.1. The van der Waals surface area contributed by atoms with E-state index in [-0.39, 0.29) is 17.4 Å². The molecule has 1 atom stereocenters. The zero-order valence-corrected chi connectivity index (χ0v) is 18.8. The topological polar surface area (TPSA) is 81.3 Å². The Morgan fingerprint density at radius 1 is 1.19 bits per heavy atom. The van der Waals surface area contributed by atoms with E-state index in [4.69, 9.17) is 11.6 Å². The number of benzene rings is 2.